The van der Waals surface area contributed by atoms with Gasteiger partial charge in [0.2, 0.25) is 0 Å². The average Bonchev–Trinajstić information content (AvgIpc) is 3.82. The van der Waals surface area contributed by atoms with E-state index in [1.807, 2.05) is 41.5 Å². The standard InChI is InChI=1S/C22H42.C21H38N4S.C13H28.C5H12.C5H10.C3H6.2C2H6/c1-12-14-22(11,21(9,10)16-17(2)3)19(6)13-15-20(7,8)18(4)5;1-8-21(6,7)25(20(3,4)5)16-17(2)12-13-18-19(23-26-22-18)24-14-10-9-11-15-24;1-11(2)9-8-10-13(6,7)12(3,4)5;1-4-5(2)3;1-3-5-4-2;1-3-2;2*1-2/h12,14,17,19H,4,13,15-16H2,1-3,5-11H3;8,17H,1,9-16H2,2-7H3;11H,8-10H2,1-7H3;5H,4H2,1-3H3;3,5H,4H2,1-2H3;3H,1H2,2H3;2*1-2H3/t;17-;;;;;;/m.1....../s1. The lowest BCUT2D eigenvalue weighted by Gasteiger charge is -2.48. The van der Waals surface area contributed by atoms with Gasteiger partial charge in [-0.3, -0.25) is 4.90 Å². The van der Waals surface area contributed by atoms with Gasteiger partial charge in [-0.2, -0.15) is 8.75 Å². The van der Waals surface area contributed by atoms with E-state index in [1.54, 1.807) is 6.08 Å². The Bertz CT molecular complexity index is 1610. The summed E-state index contributed by atoms with van der Waals surface area (Å²) in [6.07, 6.45) is 29.1. The Morgan fingerprint density at radius 3 is 1.50 bits per heavy atom. The number of aryl methyl sites for hydroxylation is 1. The molecule has 78 heavy (non-hydrogen) atoms. The molecule has 0 radical (unpaired) electrons. The smallest absolute Gasteiger partial charge is 0.165 e. The van der Waals surface area contributed by atoms with Gasteiger partial charge in [0.15, 0.2) is 5.82 Å². The highest BCUT2D eigenvalue weighted by Crippen LogP contribution is 2.52. The second-order valence-electron chi connectivity index (χ2n) is 28.3. The molecule has 466 valence electrons. The zero-order chi connectivity index (χ0) is 63.0. The van der Waals surface area contributed by atoms with Crippen LogP contribution in [-0.2, 0) is 6.42 Å². The molecular weight excluding hydrogens is 965 g/mol. The van der Waals surface area contributed by atoms with Crippen LogP contribution in [0.15, 0.2) is 61.8 Å². The second kappa shape index (κ2) is 45.5. The monoisotopic (exact) mass is 1110 g/mol. The molecule has 3 atom stereocenters. The van der Waals surface area contributed by atoms with Crippen LogP contribution in [0.5, 0.6) is 0 Å². The molecule has 1 aliphatic heterocycles. The molecule has 0 amide bonds. The number of hydrogen-bond acceptors (Lipinski definition) is 5. The van der Waals surface area contributed by atoms with Crippen molar-refractivity contribution in [2.75, 3.05) is 24.5 Å². The molecule has 1 aromatic heterocycles. The first kappa shape index (κ1) is 87.3. The van der Waals surface area contributed by atoms with Crippen molar-refractivity contribution >= 4 is 17.5 Å². The van der Waals surface area contributed by atoms with Gasteiger partial charge in [0.25, 0.3) is 0 Å². The molecule has 0 N–H and O–H groups in total. The van der Waals surface area contributed by atoms with Crippen LogP contribution in [0.1, 0.15) is 311 Å². The molecule has 0 saturated carbocycles. The fraction of sp³-hybridized carbons (Fsp3) is 0.836. The summed E-state index contributed by atoms with van der Waals surface area (Å²) in [6, 6.07) is 0. The summed E-state index contributed by atoms with van der Waals surface area (Å²) in [5, 5.41) is 0. The summed E-state index contributed by atoms with van der Waals surface area (Å²) >= 11 is 1.37. The predicted molar refractivity (Wildman–Crippen MR) is 368 cm³/mol. The molecule has 4 nitrogen and oxygen atoms in total. The van der Waals surface area contributed by atoms with Crippen LogP contribution >= 0.6 is 11.7 Å². The van der Waals surface area contributed by atoms with E-state index in [4.69, 9.17) is 0 Å². The highest BCUT2D eigenvalue weighted by molar-refractivity contribution is 6.99. The van der Waals surface area contributed by atoms with Crippen LogP contribution in [-0.4, -0.2) is 44.4 Å². The minimum Gasteiger partial charge on any atom is -0.354 e. The van der Waals surface area contributed by atoms with Crippen LogP contribution in [0.2, 0.25) is 0 Å². The van der Waals surface area contributed by atoms with E-state index >= 15 is 0 Å². The summed E-state index contributed by atoms with van der Waals surface area (Å²) in [5.41, 5.74) is 4.31. The number of nitrogens with zero attached hydrogens (tertiary/aromatic N) is 4. The van der Waals surface area contributed by atoms with Gasteiger partial charge in [0.1, 0.15) is 0 Å². The lowest BCUT2D eigenvalue weighted by atomic mass is 9.56. The lowest BCUT2D eigenvalue weighted by Crippen LogP contribution is -2.54. The number of aromatic nitrogens is 2. The molecule has 1 fully saturated rings. The van der Waals surface area contributed by atoms with Gasteiger partial charge in [0.05, 0.1) is 17.4 Å². The number of anilines is 1. The van der Waals surface area contributed by atoms with E-state index in [9.17, 15) is 0 Å². The van der Waals surface area contributed by atoms with Gasteiger partial charge in [-0.05, 0) is 183 Å². The second-order valence-corrected chi connectivity index (χ2v) is 28.9. The molecule has 2 heterocycles. The van der Waals surface area contributed by atoms with Gasteiger partial charge < -0.3 is 4.90 Å². The first-order valence-corrected chi connectivity index (χ1v) is 32.9. The summed E-state index contributed by atoms with van der Waals surface area (Å²) in [7, 11) is 0. The van der Waals surface area contributed by atoms with Crippen molar-refractivity contribution in [3.05, 3.63) is 67.5 Å². The number of piperidine rings is 1. The largest absolute Gasteiger partial charge is 0.354 e. The Morgan fingerprint density at radius 2 is 1.15 bits per heavy atom. The van der Waals surface area contributed by atoms with Crippen molar-refractivity contribution in [1.29, 1.82) is 0 Å². The van der Waals surface area contributed by atoms with Crippen LogP contribution in [0.3, 0.4) is 0 Å². The molecular formula is C73H148N4S. The zero-order valence-corrected chi connectivity index (χ0v) is 60.8. The Balaban J connectivity index is -0.000000223. The molecule has 1 aliphatic rings. The van der Waals surface area contributed by atoms with Crippen LogP contribution in [0.4, 0.5) is 5.82 Å². The van der Waals surface area contributed by atoms with Crippen molar-refractivity contribution in [2.45, 2.75) is 323 Å². The molecule has 1 aromatic rings. The van der Waals surface area contributed by atoms with E-state index in [2.05, 4.69) is 256 Å². The molecule has 0 aromatic carbocycles. The maximum Gasteiger partial charge on any atom is 0.165 e. The number of rotatable bonds is 23. The van der Waals surface area contributed by atoms with Crippen molar-refractivity contribution in [3.8, 4) is 0 Å². The lowest BCUT2D eigenvalue weighted by molar-refractivity contribution is 0.0401. The predicted octanol–water partition coefficient (Wildman–Crippen LogP) is 25.0. The third-order valence-corrected chi connectivity index (χ3v) is 17.3. The summed E-state index contributed by atoms with van der Waals surface area (Å²) in [4.78, 5) is 5.01. The van der Waals surface area contributed by atoms with E-state index < -0.39 is 0 Å². The Labute approximate surface area is 500 Å². The van der Waals surface area contributed by atoms with E-state index in [-0.39, 0.29) is 21.9 Å². The minimum absolute atomic E-state index is 0.00629. The van der Waals surface area contributed by atoms with Crippen molar-refractivity contribution in [3.63, 3.8) is 0 Å². The van der Waals surface area contributed by atoms with E-state index in [0.29, 0.717) is 28.1 Å². The summed E-state index contributed by atoms with van der Waals surface area (Å²) in [5.74, 6) is 4.89. The Hall–Kier alpha value is -1.98. The molecule has 1 saturated heterocycles. The third kappa shape index (κ3) is 39.5. The topological polar surface area (TPSA) is 32.3 Å². The van der Waals surface area contributed by atoms with Crippen LogP contribution < -0.4 is 4.90 Å². The number of hydrogen-bond donors (Lipinski definition) is 0. The zero-order valence-electron chi connectivity index (χ0n) is 60.0. The molecule has 5 heteroatoms. The Morgan fingerprint density at radius 1 is 0.667 bits per heavy atom. The third-order valence-electron chi connectivity index (χ3n) is 16.7. The quantitative estimate of drug-likeness (QED) is 0.102. The molecule has 0 spiro atoms. The summed E-state index contributed by atoms with van der Waals surface area (Å²) < 4.78 is 9.22. The van der Waals surface area contributed by atoms with Crippen LogP contribution in [0, 0.1) is 56.7 Å². The minimum atomic E-state index is -0.00629. The van der Waals surface area contributed by atoms with Gasteiger partial charge in [-0.15, -0.1) is 13.2 Å². The fourth-order valence-corrected chi connectivity index (χ4v) is 9.88. The first-order chi connectivity index (χ1) is 35.7. The maximum absolute atomic E-state index is 4.62. The first-order valence-electron chi connectivity index (χ1n) is 32.2. The highest BCUT2D eigenvalue weighted by Gasteiger charge is 2.43. The van der Waals surface area contributed by atoms with Crippen molar-refractivity contribution in [2.24, 2.45) is 56.7 Å². The normalized spacial score (nSPS) is 14.8. The SMILES string of the molecule is C=C(C)C(C)(C)CCC(C)C(C)(C=CC)C(C)(C)CC(C)C.C=CC.C=CC(C)(C)N(C[C@H](C)CCc1nsnc1N1CCCCC1)C(C)(C)C.CC.CC.CC(C)CCCC(C)(C)C(C)(C)C.CC=CCC.CCC(C)C. The number of allylic oxidation sites excluding steroid dienone is 6. The maximum atomic E-state index is 4.62. The fourth-order valence-electron chi connectivity index (χ4n) is 9.27. The molecule has 2 rings (SSSR count). The van der Waals surface area contributed by atoms with Gasteiger partial charge >= 0.3 is 0 Å². The van der Waals surface area contributed by atoms with Crippen LogP contribution in [0.25, 0.3) is 0 Å². The van der Waals surface area contributed by atoms with Gasteiger partial charge in [-0.1, -0.05) is 234 Å². The molecule has 0 bridgehead atoms. The van der Waals surface area contributed by atoms with E-state index in [1.165, 1.54) is 87.2 Å². The average molecular weight is 1110 g/mol. The highest BCUT2D eigenvalue weighted by atomic mass is 32.1. The van der Waals surface area contributed by atoms with Gasteiger partial charge in [-0.25, -0.2) is 0 Å². The van der Waals surface area contributed by atoms with E-state index in [0.717, 1.165) is 62.5 Å². The van der Waals surface area contributed by atoms with Crippen molar-refractivity contribution in [1.82, 2.24) is 13.6 Å². The molecule has 0 aliphatic carbocycles. The Kier molecular flexibility index (Phi) is 50.9. The van der Waals surface area contributed by atoms with Gasteiger partial charge in [0, 0.05) is 30.7 Å². The molecule has 2 unspecified atom stereocenters. The van der Waals surface area contributed by atoms with Crippen molar-refractivity contribution < 1.29 is 0 Å². The summed E-state index contributed by atoms with van der Waals surface area (Å²) in [6.45, 7) is 89.3.